The summed E-state index contributed by atoms with van der Waals surface area (Å²) >= 11 is 6.91. The highest BCUT2D eigenvalue weighted by molar-refractivity contribution is 9.09. The number of carbonyl (C=O) groups excluding carboxylic acids is 3. The van der Waals surface area contributed by atoms with Crippen molar-refractivity contribution in [3.05, 3.63) is 0 Å². The van der Waals surface area contributed by atoms with E-state index in [1.807, 2.05) is 0 Å². The highest BCUT2D eigenvalue weighted by atomic mass is 79.9. The molecule has 6 nitrogen and oxygen atoms in total. The van der Waals surface area contributed by atoms with Crippen LogP contribution >= 0.6 is 31.9 Å². The maximum atomic E-state index is 12.7. The summed E-state index contributed by atoms with van der Waals surface area (Å²) in [5.41, 5.74) is 0.706. The molecule has 4 rings (SSSR count). The van der Waals surface area contributed by atoms with Gasteiger partial charge in [-0.2, -0.15) is 0 Å². The third-order valence-electron chi connectivity index (χ3n) is 13.6. The Bertz CT molecular complexity index is 1020. The van der Waals surface area contributed by atoms with Crippen molar-refractivity contribution in [3.63, 3.8) is 0 Å². The van der Waals surface area contributed by atoms with E-state index in [9.17, 15) is 14.4 Å². The van der Waals surface area contributed by atoms with Gasteiger partial charge < -0.3 is 14.2 Å². The zero-order valence-electron chi connectivity index (χ0n) is 30.4. The van der Waals surface area contributed by atoms with Crippen LogP contribution in [0.1, 0.15) is 156 Å². The Kier molecular flexibility index (Phi) is 16.6. The van der Waals surface area contributed by atoms with Crippen LogP contribution in [0.2, 0.25) is 0 Å². The third kappa shape index (κ3) is 10.7. The molecule has 0 heterocycles. The molecule has 8 heteroatoms. The van der Waals surface area contributed by atoms with Gasteiger partial charge in [0.1, 0.15) is 6.10 Å². The maximum Gasteiger partial charge on any atom is 0.306 e. The number of hydrogen-bond donors (Lipinski definition) is 0. The standard InChI is InChI=1S/C40H66Br2O6/c1-29(12-17-36(43)46-26-10-6-4-8-24-41)33-15-16-34-32-14-13-30-28-31(20-22-39(30,2)35(32)21-23-40(33,34)3)48-38(45)19-18-37(44)47-27-11-7-5-9-25-42/h29-35H,4-28H2,1-3H3/t29-,30-,31-,32+,33-,34+,35+,39+,40-/m1/s1. The zero-order valence-corrected chi connectivity index (χ0v) is 33.6. The van der Waals surface area contributed by atoms with E-state index >= 15 is 0 Å². The molecule has 0 saturated heterocycles. The lowest BCUT2D eigenvalue weighted by Gasteiger charge is -2.61. The topological polar surface area (TPSA) is 78.9 Å². The normalized spacial score (nSPS) is 33.2. The van der Waals surface area contributed by atoms with Gasteiger partial charge in [0.05, 0.1) is 26.1 Å². The fraction of sp³-hybridized carbons (Fsp3) is 0.925. The van der Waals surface area contributed by atoms with Crippen molar-refractivity contribution in [1.82, 2.24) is 0 Å². The summed E-state index contributed by atoms with van der Waals surface area (Å²) in [5, 5.41) is 2.06. The number of carbonyl (C=O) groups is 3. The van der Waals surface area contributed by atoms with Crippen LogP contribution in [0.5, 0.6) is 0 Å². The molecule has 0 aromatic heterocycles. The molecule has 4 aliphatic rings. The van der Waals surface area contributed by atoms with Crippen molar-refractivity contribution >= 4 is 49.8 Å². The monoisotopic (exact) mass is 800 g/mol. The molecule has 4 saturated carbocycles. The van der Waals surface area contributed by atoms with Crippen LogP contribution in [0.4, 0.5) is 0 Å². The molecule has 0 aromatic rings. The van der Waals surface area contributed by atoms with Crippen LogP contribution in [0.25, 0.3) is 0 Å². The van der Waals surface area contributed by atoms with Crippen LogP contribution < -0.4 is 0 Å². The lowest BCUT2D eigenvalue weighted by molar-refractivity contribution is -0.164. The average Bonchev–Trinajstić information content (AvgIpc) is 3.43. The number of unbranched alkanes of at least 4 members (excludes halogenated alkanes) is 6. The van der Waals surface area contributed by atoms with Gasteiger partial charge in [-0.15, -0.1) is 0 Å². The first kappa shape index (κ1) is 40.1. The smallest absolute Gasteiger partial charge is 0.306 e. The third-order valence-corrected chi connectivity index (χ3v) is 14.7. The van der Waals surface area contributed by atoms with Gasteiger partial charge in [0.25, 0.3) is 0 Å². The molecule has 48 heavy (non-hydrogen) atoms. The van der Waals surface area contributed by atoms with E-state index in [2.05, 4.69) is 52.6 Å². The van der Waals surface area contributed by atoms with Crippen molar-refractivity contribution in [2.24, 2.45) is 46.3 Å². The van der Waals surface area contributed by atoms with Gasteiger partial charge in [-0.25, -0.2) is 0 Å². The Morgan fingerprint density at radius 3 is 1.92 bits per heavy atom. The molecule has 0 aliphatic heterocycles. The van der Waals surface area contributed by atoms with Gasteiger partial charge in [-0.05, 0) is 136 Å². The minimum Gasteiger partial charge on any atom is -0.466 e. The Balaban J connectivity index is 1.19. The molecular weight excluding hydrogens is 736 g/mol. The van der Waals surface area contributed by atoms with Crippen molar-refractivity contribution in [2.45, 2.75) is 162 Å². The van der Waals surface area contributed by atoms with E-state index < -0.39 is 0 Å². The largest absolute Gasteiger partial charge is 0.466 e. The SMILES string of the molecule is C[C@H](CCC(=O)OCCCCCCBr)[C@H]1CC[C@H]2[C@@H]3CC[C@@H]4C[C@H](OC(=O)CCC(=O)OCCCCCCBr)CC[C@]4(C)[C@H]3CC[C@]12C. The van der Waals surface area contributed by atoms with Crippen LogP contribution in [0.3, 0.4) is 0 Å². The van der Waals surface area contributed by atoms with E-state index in [0.717, 1.165) is 92.6 Å². The van der Waals surface area contributed by atoms with Gasteiger partial charge in [-0.1, -0.05) is 78.3 Å². The molecule has 0 bridgehead atoms. The summed E-state index contributed by atoms with van der Waals surface area (Å²) in [6.07, 6.45) is 21.3. The highest BCUT2D eigenvalue weighted by Gasteiger charge is 2.60. The molecule has 0 N–H and O–H groups in total. The maximum absolute atomic E-state index is 12.7. The van der Waals surface area contributed by atoms with E-state index in [1.54, 1.807) is 0 Å². The van der Waals surface area contributed by atoms with Crippen molar-refractivity contribution in [1.29, 1.82) is 0 Å². The molecule has 9 atom stereocenters. The Labute approximate surface area is 309 Å². The first-order valence-corrected chi connectivity index (χ1v) is 22.0. The summed E-state index contributed by atoms with van der Waals surface area (Å²) in [5.74, 6) is 3.65. The molecule has 276 valence electrons. The van der Waals surface area contributed by atoms with E-state index in [-0.39, 0.29) is 36.9 Å². The zero-order chi connectivity index (χ0) is 34.6. The Morgan fingerprint density at radius 2 is 1.25 bits per heavy atom. The van der Waals surface area contributed by atoms with Crippen LogP contribution in [-0.2, 0) is 28.6 Å². The number of esters is 3. The van der Waals surface area contributed by atoms with Crippen LogP contribution in [0, 0.1) is 46.3 Å². The van der Waals surface area contributed by atoms with E-state index in [0.29, 0.717) is 48.2 Å². The highest BCUT2D eigenvalue weighted by Crippen LogP contribution is 2.68. The molecule has 4 aliphatic carbocycles. The van der Waals surface area contributed by atoms with Gasteiger partial charge in [-0.3, -0.25) is 14.4 Å². The molecular formula is C40H66Br2O6. The number of rotatable bonds is 20. The second kappa shape index (κ2) is 19.8. The molecule has 0 amide bonds. The van der Waals surface area contributed by atoms with E-state index in [1.165, 1.54) is 51.4 Å². The number of fused-ring (bicyclic) bond motifs is 5. The lowest BCUT2D eigenvalue weighted by Crippen LogP contribution is -2.54. The predicted octanol–water partition coefficient (Wildman–Crippen LogP) is 10.8. The molecule has 0 radical (unpaired) electrons. The predicted molar refractivity (Wildman–Crippen MR) is 199 cm³/mol. The molecule has 0 unspecified atom stereocenters. The molecule has 4 fully saturated rings. The summed E-state index contributed by atoms with van der Waals surface area (Å²) < 4.78 is 16.9. The summed E-state index contributed by atoms with van der Waals surface area (Å²) in [4.78, 5) is 37.3. The minimum absolute atomic E-state index is 0.0110. The fourth-order valence-electron chi connectivity index (χ4n) is 10.9. The summed E-state index contributed by atoms with van der Waals surface area (Å²) in [6.45, 7) is 8.57. The van der Waals surface area contributed by atoms with E-state index in [4.69, 9.17) is 14.2 Å². The second-order valence-corrected chi connectivity index (χ2v) is 18.0. The summed E-state index contributed by atoms with van der Waals surface area (Å²) in [6, 6.07) is 0. The first-order chi connectivity index (χ1) is 23.1. The van der Waals surface area contributed by atoms with Gasteiger partial charge in [0.2, 0.25) is 0 Å². The molecule has 0 aromatic carbocycles. The lowest BCUT2D eigenvalue weighted by atomic mass is 9.44. The fourth-order valence-corrected chi connectivity index (χ4v) is 11.7. The number of ether oxygens (including phenoxy) is 3. The number of alkyl halides is 2. The van der Waals surface area contributed by atoms with Crippen LogP contribution in [0.15, 0.2) is 0 Å². The quantitative estimate of drug-likeness (QED) is 0.0528. The van der Waals surface area contributed by atoms with Crippen molar-refractivity contribution in [3.8, 4) is 0 Å². The summed E-state index contributed by atoms with van der Waals surface area (Å²) in [7, 11) is 0. The minimum atomic E-state index is -0.292. The second-order valence-electron chi connectivity index (χ2n) is 16.4. The van der Waals surface area contributed by atoms with Crippen LogP contribution in [-0.4, -0.2) is 47.9 Å². The first-order valence-electron chi connectivity index (χ1n) is 19.7. The Hall–Kier alpha value is -0.630. The number of hydrogen-bond acceptors (Lipinski definition) is 6. The van der Waals surface area contributed by atoms with Crippen molar-refractivity contribution < 1.29 is 28.6 Å². The number of halogens is 2. The van der Waals surface area contributed by atoms with Gasteiger partial charge in [0.15, 0.2) is 0 Å². The Morgan fingerprint density at radius 1 is 0.667 bits per heavy atom. The van der Waals surface area contributed by atoms with Gasteiger partial charge >= 0.3 is 17.9 Å². The molecule has 0 spiro atoms. The van der Waals surface area contributed by atoms with Crippen molar-refractivity contribution in [2.75, 3.05) is 23.9 Å². The average molecular weight is 803 g/mol. The van der Waals surface area contributed by atoms with Gasteiger partial charge in [0, 0.05) is 17.1 Å².